The molecule has 0 spiro atoms. The third kappa shape index (κ3) is 8.77. The van der Waals surface area contributed by atoms with E-state index in [1.807, 2.05) is 6.21 Å². The van der Waals surface area contributed by atoms with Crippen molar-refractivity contribution in [3.05, 3.63) is 88.1 Å². The zero-order valence-corrected chi connectivity index (χ0v) is 28.4. The van der Waals surface area contributed by atoms with Crippen LogP contribution in [-0.2, 0) is 5.41 Å². The topological polar surface area (TPSA) is 24.4 Å². The first kappa shape index (κ1) is 34.7. The van der Waals surface area contributed by atoms with E-state index in [0.717, 1.165) is 57.3 Å². The molecular formula is C39H60N2. The van der Waals surface area contributed by atoms with Gasteiger partial charge >= 0.3 is 0 Å². The summed E-state index contributed by atoms with van der Waals surface area (Å²) < 4.78 is 0. The van der Waals surface area contributed by atoms with Crippen LogP contribution < -0.4 is 5.32 Å². The van der Waals surface area contributed by atoms with Crippen LogP contribution in [0, 0.1) is 10.8 Å². The van der Waals surface area contributed by atoms with Gasteiger partial charge in [0.25, 0.3) is 0 Å². The molecule has 2 rings (SSSR count). The van der Waals surface area contributed by atoms with Crippen LogP contribution >= 0.6 is 0 Å². The Labute approximate surface area is 253 Å². The molecule has 1 aliphatic rings. The van der Waals surface area contributed by atoms with Crippen LogP contribution in [0.2, 0.25) is 0 Å². The second-order valence-electron chi connectivity index (χ2n) is 13.5. The van der Waals surface area contributed by atoms with Crippen molar-refractivity contribution in [1.29, 1.82) is 0 Å². The number of allylic oxidation sites excluding steroid dienone is 5. The van der Waals surface area contributed by atoms with Crippen LogP contribution in [-0.4, -0.2) is 25.8 Å². The molecule has 2 nitrogen and oxygen atoms in total. The highest BCUT2D eigenvalue weighted by Gasteiger charge is 2.43. The SMILES string of the molecule is C=C(CNCC1(C)CC=C(c2ccc(C(C)(C)CC)cc2)C(C)(C)/C1=C/CC)C(/C=N\C/C(C)=C/CC)=C(\C)CC. The summed E-state index contributed by atoms with van der Waals surface area (Å²) in [4.78, 5) is 4.75. The van der Waals surface area contributed by atoms with Gasteiger partial charge in [-0.2, -0.15) is 0 Å². The van der Waals surface area contributed by atoms with Crippen molar-refractivity contribution in [3.63, 3.8) is 0 Å². The molecule has 1 aromatic rings. The smallest absolute Gasteiger partial charge is 0.0597 e. The molecule has 0 heterocycles. The normalized spacial score (nSPS) is 21.3. The Balaban J connectivity index is 2.25. The summed E-state index contributed by atoms with van der Waals surface area (Å²) in [5.74, 6) is 0. The molecule has 41 heavy (non-hydrogen) atoms. The Morgan fingerprint density at radius 3 is 2.24 bits per heavy atom. The Hall–Kier alpha value is -2.45. The van der Waals surface area contributed by atoms with Gasteiger partial charge in [0, 0.05) is 30.1 Å². The lowest BCUT2D eigenvalue weighted by Gasteiger charge is -2.47. The van der Waals surface area contributed by atoms with Crippen molar-refractivity contribution in [2.45, 2.75) is 114 Å². The van der Waals surface area contributed by atoms with Crippen LogP contribution in [0.15, 0.2) is 81.9 Å². The number of hydrogen-bond acceptors (Lipinski definition) is 2. The Bertz CT molecular complexity index is 1180. The lowest BCUT2D eigenvalue weighted by Crippen LogP contribution is -2.41. The Kier molecular flexibility index (Phi) is 12.8. The standard InChI is InChI=1S/C39H60N2/c1-13-17-29(5)25-40-27-34(30(6)15-3)31(7)26-41-28-39(12)24-23-35(38(10,11)36(39)18-14-2)32-19-21-33(22-20-32)37(8,9)16-4/h17-23,27,41H,7,13-16,24-26,28H2,1-6,8-12H3/b29-17+,34-30+,36-18-,40-27-. The minimum absolute atomic E-state index is 0.0378. The molecule has 226 valence electrons. The molecule has 0 bridgehead atoms. The Morgan fingerprint density at radius 2 is 1.68 bits per heavy atom. The maximum atomic E-state index is 4.75. The molecule has 1 unspecified atom stereocenters. The monoisotopic (exact) mass is 556 g/mol. The molecule has 0 aromatic heterocycles. The van der Waals surface area contributed by atoms with Gasteiger partial charge in [-0.05, 0) is 79.2 Å². The highest BCUT2D eigenvalue weighted by atomic mass is 14.9. The molecule has 0 amide bonds. The molecule has 0 saturated carbocycles. The zero-order valence-electron chi connectivity index (χ0n) is 28.4. The lowest BCUT2D eigenvalue weighted by atomic mass is 9.59. The highest BCUT2D eigenvalue weighted by molar-refractivity contribution is 5.85. The van der Waals surface area contributed by atoms with Gasteiger partial charge in [-0.3, -0.25) is 4.99 Å². The van der Waals surface area contributed by atoms with Crippen LogP contribution in [0.1, 0.15) is 119 Å². The van der Waals surface area contributed by atoms with Gasteiger partial charge in [0.15, 0.2) is 0 Å². The van der Waals surface area contributed by atoms with E-state index < -0.39 is 0 Å². The maximum absolute atomic E-state index is 4.75. The number of aliphatic imine (C=N–C) groups is 1. The first-order chi connectivity index (χ1) is 19.3. The largest absolute Gasteiger partial charge is 0.312 e. The number of benzene rings is 1. The lowest BCUT2D eigenvalue weighted by molar-refractivity contribution is 0.308. The minimum Gasteiger partial charge on any atom is -0.312 e. The van der Waals surface area contributed by atoms with E-state index >= 15 is 0 Å². The molecule has 0 fully saturated rings. The number of nitrogens with one attached hydrogen (secondary N) is 1. The van der Waals surface area contributed by atoms with Crippen LogP contribution in [0.25, 0.3) is 5.57 Å². The quantitative estimate of drug-likeness (QED) is 0.137. The third-order valence-corrected chi connectivity index (χ3v) is 9.36. The van der Waals surface area contributed by atoms with Gasteiger partial charge in [0.05, 0.1) is 6.54 Å². The highest BCUT2D eigenvalue weighted by Crippen LogP contribution is 2.54. The number of hydrogen-bond donors (Lipinski definition) is 1. The van der Waals surface area contributed by atoms with Gasteiger partial charge in [-0.25, -0.2) is 0 Å². The number of rotatable bonds is 14. The summed E-state index contributed by atoms with van der Waals surface area (Å²) in [6.45, 7) is 32.1. The zero-order chi connectivity index (χ0) is 30.8. The average molecular weight is 557 g/mol. The van der Waals surface area contributed by atoms with Crippen molar-refractivity contribution >= 4 is 11.8 Å². The van der Waals surface area contributed by atoms with E-state index in [9.17, 15) is 0 Å². The summed E-state index contributed by atoms with van der Waals surface area (Å²) in [6.07, 6.45) is 14.6. The van der Waals surface area contributed by atoms with Gasteiger partial charge in [0.1, 0.15) is 0 Å². The van der Waals surface area contributed by atoms with E-state index in [4.69, 9.17) is 4.99 Å². The first-order valence-electron chi connectivity index (χ1n) is 16.0. The molecule has 1 aromatic carbocycles. The van der Waals surface area contributed by atoms with Crippen LogP contribution in [0.3, 0.4) is 0 Å². The average Bonchev–Trinajstić information content (AvgIpc) is 2.93. The molecule has 1 aliphatic carbocycles. The summed E-state index contributed by atoms with van der Waals surface area (Å²) in [7, 11) is 0. The third-order valence-electron chi connectivity index (χ3n) is 9.36. The van der Waals surface area contributed by atoms with Crippen molar-refractivity contribution < 1.29 is 0 Å². The van der Waals surface area contributed by atoms with E-state index in [1.165, 1.54) is 33.4 Å². The fraction of sp³-hybridized carbons (Fsp3) is 0.564. The van der Waals surface area contributed by atoms with E-state index in [0.29, 0.717) is 0 Å². The fourth-order valence-electron chi connectivity index (χ4n) is 6.22. The fourth-order valence-corrected chi connectivity index (χ4v) is 6.22. The van der Waals surface area contributed by atoms with E-state index in [-0.39, 0.29) is 16.2 Å². The van der Waals surface area contributed by atoms with Crippen molar-refractivity contribution in [3.8, 4) is 0 Å². The van der Waals surface area contributed by atoms with Crippen molar-refractivity contribution in [2.24, 2.45) is 15.8 Å². The van der Waals surface area contributed by atoms with Crippen LogP contribution in [0.4, 0.5) is 0 Å². The minimum atomic E-state index is -0.0378. The molecular weight excluding hydrogens is 496 g/mol. The van der Waals surface area contributed by atoms with Crippen molar-refractivity contribution in [1.82, 2.24) is 5.32 Å². The van der Waals surface area contributed by atoms with Gasteiger partial charge < -0.3 is 5.32 Å². The summed E-state index contributed by atoms with van der Waals surface area (Å²) in [5, 5.41) is 3.81. The molecule has 1 N–H and O–H groups in total. The Morgan fingerprint density at radius 1 is 1.02 bits per heavy atom. The van der Waals surface area contributed by atoms with E-state index in [2.05, 4.69) is 131 Å². The first-order valence-corrected chi connectivity index (χ1v) is 16.0. The van der Waals surface area contributed by atoms with Gasteiger partial charge in [-0.1, -0.05) is 128 Å². The predicted octanol–water partition coefficient (Wildman–Crippen LogP) is 10.8. The summed E-state index contributed by atoms with van der Waals surface area (Å²) in [6, 6.07) is 9.38. The maximum Gasteiger partial charge on any atom is 0.0597 e. The second-order valence-corrected chi connectivity index (χ2v) is 13.5. The van der Waals surface area contributed by atoms with Gasteiger partial charge in [0.2, 0.25) is 0 Å². The molecule has 0 saturated heterocycles. The predicted molar refractivity (Wildman–Crippen MR) is 185 cm³/mol. The summed E-state index contributed by atoms with van der Waals surface area (Å²) >= 11 is 0. The summed E-state index contributed by atoms with van der Waals surface area (Å²) in [5.41, 5.74) is 11.0. The second kappa shape index (κ2) is 15.1. The van der Waals surface area contributed by atoms with E-state index in [1.54, 1.807) is 5.57 Å². The van der Waals surface area contributed by atoms with Crippen LogP contribution in [0.5, 0.6) is 0 Å². The molecule has 0 radical (unpaired) electrons. The molecule has 2 heteroatoms. The van der Waals surface area contributed by atoms with Gasteiger partial charge in [-0.15, -0.1) is 0 Å². The number of nitrogens with zero attached hydrogens (tertiary/aromatic N) is 1. The molecule has 0 aliphatic heterocycles. The molecule has 1 atom stereocenters. The van der Waals surface area contributed by atoms with Crippen molar-refractivity contribution in [2.75, 3.05) is 19.6 Å².